The van der Waals surface area contributed by atoms with Gasteiger partial charge in [-0.2, -0.15) is 0 Å². The van der Waals surface area contributed by atoms with Crippen LogP contribution >= 0.6 is 11.3 Å². The van der Waals surface area contributed by atoms with Crippen molar-refractivity contribution >= 4 is 34.3 Å². The molecule has 1 heterocycles. The molecule has 2 atom stereocenters. The lowest BCUT2D eigenvalue weighted by atomic mass is 10.0. The number of carboxylic acid groups (broad SMARTS) is 1. The van der Waals surface area contributed by atoms with E-state index in [1.807, 2.05) is 13.8 Å². The summed E-state index contributed by atoms with van der Waals surface area (Å²) in [4.78, 5) is 22.5. The number of carbonyl (C=O) groups is 2. The average molecular weight is 304 g/mol. The zero-order valence-corrected chi connectivity index (χ0v) is 12.2. The SMILES string of the molecule is CC(C)C[C@H](NC(=O)O)C(=O)NS(=O)c1cccs1. The number of hydrogen-bond acceptors (Lipinski definition) is 4. The Morgan fingerprint density at radius 1 is 1.47 bits per heavy atom. The molecule has 1 rings (SSSR count). The highest BCUT2D eigenvalue weighted by Crippen LogP contribution is 2.13. The first-order valence-electron chi connectivity index (χ1n) is 5.65. The molecule has 1 aromatic heterocycles. The molecule has 0 spiro atoms. The van der Waals surface area contributed by atoms with Crippen molar-refractivity contribution in [1.82, 2.24) is 10.0 Å². The van der Waals surface area contributed by atoms with Crippen molar-refractivity contribution < 1.29 is 18.9 Å². The molecule has 6 nitrogen and oxygen atoms in total. The van der Waals surface area contributed by atoms with Crippen molar-refractivity contribution in [3.05, 3.63) is 17.5 Å². The molecule has 106 valence electrons. The van der Waals surface area contributed by atoms with Gasteiger partial charge >= 0.3 is 6.09 Å². The summed E-state index contributed by atoms with van der Waals surface area (Å²) < 4.78 is 14.6. The van der Waals surface area contributed by atoms with Crippen LogP contribution in [0.15, 0.2) is 21.7 Å². The minimum Gasteiger partial charge on any atom is -0.465 e. The summed E-state index contributed by atoms with van der Waals surface area (Å²) in [5.74, 6) is -0.444. The van der Waals surface area contributed by atoms with Crippen LogP contribution in [-0.2, 0) is 15.8 Å². The van der Waals surface area contributed by atoms with Crippen LogP contribution in [0.4, 0.5) is 4.79 Å². The maximum absolute atomic E-state index is 11.9. The lowest BCUT2D eigenvalue weighted by molar-refractivity contribution is -0.121. The lowest BCUT2D eigenvalue weighted by Crippen LogP contribution is -2.47. The summed E-state index contributed by atoms with van der Waals surface area (Å²) in [5, 5.41) is 12.6. The molecule has 1 unspecified atom stereocenters. The van der Waals surface area contributed by atoms with Crippen LogP contribution in [0.1, 0.15) is 20.3 Å². The third-order valence-corrected chi connectivity index (χ3v) is 4.48. The Morgan fingerprint density at radius 2 is 2.16 bits per heavy atom. The van der Waals surface area contributed by atoms with E-state index in [-0.39, 0.29) is 5.92 Å². The monoisotopic (exact) mass is 304 g/mol. The van der Waals surface area contributed by atoms with Gasteiger partial charge in [-0.05, 0) is 23.8 Å². The van der Waals surface area contributed by atoms with Gasteiger partial charge in [-0.3, -0.25) is 9.52 Å². The Hall–Kier alpha value is -1.41. The second-order valence-corrected chi connectivity index (χ2v) is 6.69. The Bertz CT molecular complexity index is 459. The molecule has 0 saturated carbocycles. The second-order valence-electron chi connectivity index (χ2n) is 4.30. The van der Waals surface area contributed by atoms with E-state index in [0.29, 0.717) is 10.6 Å². The quantitative estimate of drug-likeness (QED) is 0.743. The van der Waals surface area contributed by atoms with Crippen LogP contribution in [0.3, 0.4) is 0 Å². The number of thiophene rings is 1. The van der Waals surface area contributed by atoms with Crippen LogP contribution in [-0.4, -0.2) is 27.4 Å². The smallest absolute Gasteiger partial charge is 0.405 e. The van der Waals surface area contributed by atoms with Gasteiger partial charge in [0.25, 0.3) is 5.91 Å². The van der Waals surface area contributed by atoms with E-state index < -0.39 is 29.0 Å². The van der Waals surface area contributed by atoms with E-state index >= 15 is 0 Å². The first-order chi connectivity index (χ1) is 8.90. The standard InChI is InChI=1S/C11H16N2O4S2/c1-7(2)6-8(12-11(15)16)10(14)13-19(17)9-4-3-5-18-9/h3-5,7-8,12H,6H2,1-2H3,(H,13,14)(H,15,16)/t8-,19?/m0/s1. The molecule has 3 N–H and O–H groups in total. The number of nitrogens with one attached hydrogen (secondary N) is 2. The summed E-state index contributed by atoms with van der Waals surface area (Å²) >= 11 is 1.26. The van der Waals surface area contributed by atoms with Gasteiger partial charge in [0.05, 0.1) is 0 Å². The summed E-state index contributed by atoms with van der Waals surface area (Å²) in [5.41, 5.74) is 0. The third kappa shape index (κ3) is 5.39. The first-order valence-corrected chi connectivity index (χ1v) is 7.68. The Morgan fingerprint density at radius 3 is 2.63 bits per heavy atom. The number of amides is 2. The van der Waals surface area contributed by atoms with E-state index in [1.165, 1.54) is 11.3 Å². The number of rotatable bonds is 6. The van der Waals surface area contributed by atoms with E-state index in [4.69, 9.17) is 5.11 Å². The van der Waals surface area contributed by atoms with Crippen molar-refractivity contribution in [2.75, 3.05) is 0 Å². The maximum atomic E-state index is 11.9. The number of carbonyl (C=O) groups excluding carboxylic acids is 1. The average Bonchev–Trinajstić information content (AvgIpc) is 2.79. The molecule has 1 aromatic rings. The van der Waals surface area contributed by atoms with Crippen molar-refractivity contribution in [1.29, 1.82) is 0 Å². The lowest BCUT2D eigenvalue weighted by Gasteiger charge is -2.17. The van der Waals surface area contributed by atoms with Crippen LogP contribution in [0.25, 0.3) is 0 Å². The molecule has 0 aliphatic carbocycles. The van der Waals surface area contributed by atoms with Gasteiger partial charge in [0.2, 0.25) is 0 Å². The Labute approximate surface area is 117 Å². The van der Waals surface area contributed by atoms with Crippen molar-refractivity contribution in [2.24, 2.45) is 5.92 Å². The van der Waals surface area contributed by atoms with Crippen molar-refractivity contribution in [3.63, 3.8) is 0 Å². The molecule has 0 bridgehead atoms. The van der Waals surface area contributed by atoms with E-state index in [0.717, 1.165) is 0 Å². The van der Waals surface area contributed by atoms with Gasteiger partial charge in [-0.1, -0.05) is 19.9 Å². The van der Waals surface area contributed by atoms with E-state index in [1.54, 1.807) is 17.5 Å². The van der Waals surface area contributed by atoms with Gasteiger partial charge in [0.15, 0.2) is 11.0 Å². The Kier molecular flexibility index (Phi) is 5.97. The predicted octanol–water partition coefficient (Wildman–Crippen LogP) is 1.57. The maximum Gasteiger partial charge on any atom is 0.405 e. The highest BCUT2D eigenvalue weighted by molar-refractivity contribution is 7.86. The highest BCUT2D eigenvalue weighted by Gasteiger charge is 2.23. The molecule has 0 aliphatic rings. The Balaban J connectivity index is 2.65. The summed E-state index contributed by atoms with van der Waals surface area (Å²) in [6, 6.07) is 2.47. The van der Waals surface area contributed by atoms with Gasteiger partial charge in [-0.15, -0.1) is 11.3 Å². The molecular weight excluding hydrogens is 288 g/mol. The fraction of sp³-hybridized carbons (Fsp3) is 0.455. The minimum atomic E-state index is -1.65. The van der Waals surface area contributed by atoms with Crippen molar-refractivity contribution in [2.45, 2.75) is 30.5 Å². The predicted molar refractivity (Wildman–Crippen MR) is 73.3 cm³/mol. The zero-order chi connectivity index (χ0) is 14.4. The minimum absolute atomic E-state index is 0.137. The molecule has 8 heteroatoms. The largest absolute Gasteiger partial charge is 0.465 e. The topological polar surface area (TPSA) is 95.5 Å². The fourth-order valence-corrected chi connectivity index (χ4v) is 3.15. The highest BCUT2D eigenvalue weighted by atomic mass is 32.2. The molecular formula is C11H16N2O4S2. The van der Waals surface area contributed by atoms with Crippen molar-refractivity contribution in [3.8, 4) is 0 Å². The molecule has 0 aromatic carbocycles. The fourth-order valence-electron chi connectivity index (χ4n) is 1.43. The number of hydrogen-bond donors (Lipinski definition) is 3. The second kappa shape index (κ2) is 7.25. The van der Waals surface area contributed by atoms with E-state index in [9.17, 15) is 13.8 Å². The van der Waals surface area contributed by atoms with Crippen LogP contribution < -0.4 is 10.0 Å². The van der Waals surface area contributed by atoms with Gasteiger partial charge in [0, 0.05) is 0 Å². The molecule has 0 saturated heterocycles. The van der Waals surface area contributed by atoms with Crippen LogP contribution in [0.2, 0.25) is 0 Å². The third-order valence-electron chi connectivity index (χ3n) is 2.19. The normalized spacial score (nSPS) is 13.8. The van der Waals surface area contributed by atoms with Gasteiger partial charge in [-0.25, -0.2) is 9.00 Å². The summed E-state index contributed by atoms with van der Waals surface area (Å²) in [6.07, 6.45) is -0.928. The van der Waals surface area contributed by atoms with Crippen LogP contribution in [0, 0.1) is 5.92 Å². The molecule has 0 radical (unpaired) electrons. The molecule has 0 aliphatic heterocycles. The van der Waals surface area contributed by atoms with E-state index in [2.05, 4.69) is 10.0 Å². The molecule has 0 fully saturated rings. The van der Waals surface area contributed by atoms with Gasteiger partial charge < -0.3 is 10.4 Å². The molecule has 2 amide bonds. The summed E-state index contributed by atoms with van der Waals surface area (Å²) in [6.45, 7) is 3.75. The molecule has 19 heavy (non-hydrogen) atoms. The first kappa shape index (κ1) is 15.6. The van der Waals surface area contributed by atoms with Gasteiger partial charge in [0.1, 0.15) is 10.3 Å². The zero-order valence-electron chi connectivity index (χ0n) is 10.6. The van der Waals surface area contributed by atoms with Crippen LogP contribution in [0.5, 0.6) is 0 Å². The summed E-state index contributed by atoms with van der Waals surface area (Å²) in [7, 11) is -1.65.